The lowest BCUT2D eigenvalue weighted by atomic mass is 9.40. The molecule has 8 nitrogen and oxygen atoms in total. The van der Waals surface area contributed by atoms with E-state index in [9.17, 15) is 35.4 Å². The number of rotatable bonds is 1. The van der Waals surface area contributed by atoms with Crippen LogP contribution in [0.5, 0.6) is 0 Å². The second kappa shape index (κ2) is 5.77. The molecular formula is C20H30O8. The van der Waals surface area contributed by atoms with Crippen molar-refractivity contribution < 1.29 is 40.2 Å². The Morgan fingerprint density at radius 2 is 1.68 bits per heavy atom. The monoisotopic (exact) mass is 398 g/mol. The summed E-state index contributed by atoms with van der Waals surface area (Å²) in [5.41, 5.74) is -0.457. The summed E-state index contributed by atoms with van der Waals surface area (Å²) in [6.45, 7) is 6.97. The van der Waals surface area contributed by atoms with Crippen LogP contribution in [0.15, 0.2) is 11.1 Å². The van der Waals surface area contributed by atoms with E-state index in [4.69, 9.17) is 4.74 Å². The second-order valence-electron chi connectivity index (χ2n) is 9.73. The molecular weight excluding hydrogens is 368 g/mol. The average molecular weight is 398 g/mol. The first-order chi connectivity index (χ1) is 12.8. The predicted octanol–water partition coefficient (Wildman–Crippen LogP) is -0.379. The summed E-state index contributed by atoms with van der Waals surface area (Å²) in [6.07, 6.45) is -4.94. The second-order valence-corrected chi connectivity index (χ2v) is 9.73. The van der Waals surface area contributed by atoms with Crippen LogP contribution in [0.1, 0.15) is 40.5 Å². The largest absolute Gasteiger partial charge is 0.477 e. The minimum atomic E-state index is -2.50. The summed E-state index contributed by atoms with van der Waals surface area (Å²) in [6, 6.07) is 0. The summed E-state index contributed by atoms with van der Waals surface area (Å²) < 4.78 is 5.76. The van der Waals surface area contributed by atoms with Crippen LogP contribution in [0.25, 0.3) is 0 Å². The molecule has 4 rings (SSSR count). The highest BCUT2D eigenvalue weighted by Crippen LogP contribution is 2.71. The number of hydrogen-bond donors (Lipinski definition) is 6. The number of aliphatic carboxylic acids is 1. The Labute approximate surface area is 163 Å². The molecule has 3 aliphatic carbocycles. The zero-order chi connectivity index (χ0) is 21.0. The van der Waals surface area contributed by atoms with Gasteiger partial charge in [-0.05, 0) is 25.7 Å². The van der Waals surface area contributed by atoms with Gasteiger partial charge in [-0.1, -0.05) is 31.9 Å². The standard InChI is InChI=1S/C20H30O8/c1-7-5-10(21)16(24)18(3)9(7)6-11-19(4)14(20(27,28-11)17(25)26)8(2)12(22)13(23)15(18)19/h8,10-16,21-24,27H,5-6H2,1-4H3,(H,25,26)/t8-,10-,11+,12+,13-,14-,15+,16+,18-,19-,20?/m0/s1. The Morgan fingerprint density at radius 3 is 2.25 bits per heavy atom. The van der Waals surface area contributed by atoms with Crippen molar-refractivity contribution in [1.82, 2.24) is 0 Å². The smallest absolute Gasteiger partial charge is 0.364 e. The van der Waals surface area contributed by atoms with Gasteiger partial charge in [0.15, 0.2) is 0 Å². The normalized spacial score (nSPS) is 58.3. The molecule has 6 N–H and O–H groups in total. The zero-order valence-corrected chi connectivity index (χ0v) is 16.5. The lowest BCUT2D eigenvalue weighted by Gasteiger charge is -2.64. The van der Waals surface area contributed by atoms with Crippen molar-refractivity contribution in [3.63, 3.8) is 0 Å². The first kappa shape index (κ1) is 20.3. The Morgan fingerprint density at radius 1 is 1.07 bits per heavy atom. The summed E-state index contributed by atoms with van der Waals surface area (Å²) in [4.78, 5) is 12.0. The molecule has 1 aliphatic heterocycles. The molecule has 1 unspecified atom stereocenters. The van der Waals surface area contributed by atoms with Gasteiger partial charge in [0.1, 0.15) is 0 Å². The van der Waals surface area contributed by atoms with E-state index in [1.54, 1.807) is 20.8 Å². The Balaban J connectivity index is 1.99. The van der Waals surface area contributed by atoms with Crippen LogP contribution < -0.4 is 0 Å². The number of carboxylic acids is 1. The molecule has 3 fully saturated rings. The average Bonchev–Trinajstić information content (AvgIpc) is 2.84. The quantitative estimate of drug-likeness (QED) is 0.328. The lowest BCUT2D eigenvalue weighted by Crippen LogP contribution is -2.70. The zero-order valence-electron chi connectivity index (χ0n) is 16.5. The Bertz CT molecular complexity index is 750. The summed E-state index contributed by atoms with van der Waals surface area (Å²) in [5, 5.41) is 64.2. The third-order valence-corrected chi connectivity index (χ3v) is 8.54. The molecule has 0 spiro atoms. The van der Waals surface area contributed by atoms with Crippen LogP contribution >= 0.6 is 0 Å². The number of carbonyl (C=O) groups is 1. The molecule has 11 atom stereocenters. The molecule has 28 heavy (non-hydrogen) atoms. The molecule has 4 aliphatic rings. The highest BCUT2D eigenvalue weighted by molar-refractivity contribution is 5.77. The third kappa shape index (κ3) is 2.03. The van der Waals surface area contributed by atoms with E-state index in [2.05, 4.69) is 0 Å². The molecule has 0 aromatic rings. The van der Waals surface area contributed by atoms with Crippen molar-refractivity contribution in [1.29, 1.82) is 0 Å². The van der Waals surface area contributed by atoms with Crippen molar-refractivity contribution in [3.05, 3.63) is 11.1 Å². The number of aliphatic hydroxyl groups excluding tert-OH is 4. The molecule has 0 bridgehead atoms. The molecule has 0 aromatic heterocycles. The summed E-state index contributed by atoms with van der Waals surface area (Å²) in [5.74, 6) is -6.57. The minimum Gasteiger partial charge on any atom is -0.477 e. The van der Waals surface area contributed by atoms with Crippen molar-refractivity contribution in [2.75, 3.05) is 0 Å². The van der Waals surface area contributed by atoms with Crippen LogP contribution in [-0.2, 0) is 9.53 Å². The fourth-order valence-electron chi connectivity index (χ4n) is 7.41. The van der Waals surface area contributed by atoms with Crippen molar-refractivity contribution in [2.45, 2.75) is 76.8 Å². The van der Waals surface area contributed by atoms with Gasteiger partial charge < -0.3 is 35.4 Å². The van der Waals surface area contributed by atoms with Crippen LogP contribution in [0.4, 0.5) is 0 Å². The maximum Gasteiger partial charge on any atom is 0.364 e. The van der Waals surface area contributed by atoms with Crippen LogP contribution in [0, 0.1) is 28.6 Å². The van der Waals surface area contributed by atoms with Gasteiger partial charge in [0.25, 0.3) is 5.79 Å². The van der Waals surface area contributed by atoms with Gasteiger partial charge in [0.2, 0.25) is 0 Å². The number of aliphatic hydroxyl groups is 5. The van der Waals surface area contributed by atoms with Crippen LogP contribution in [-0.4, -0.2) is 72.9 Å². The number of hydrogen-bond acceptors (Lipinski definition) is 7. The van der Waals surface area contributed by atoms with Crippen molar-refractivity contribution in [3.8, 4) is 0 Å². The van der Waals surface area contributed by atoms with E-state index < -0.39 is 70.9 Å². The highest BCUT2D eigenvalue weighted by Gasteiger charge is 2.78. The van der Waals surface area contributed by atoms with Gasteiger partial charge in [0, 0.05) is 22.7 Å². The van der Waals surface area contributed by atoms with E-state index in [1.807, 2.05) is 6.92 Å². The first-order valence-electron chi connectivity index (χ1n) is 9.87. The third-order valence-electron chi connectivity index (χ3n) is 8.54. The molecule has 8 heteroatoms. The maximum atomic E-state index is 12.0. The van der Waals surface area contributed by atoms with Gasteiger partial charge in [-0.15, -0.1) is 0 Å². The summed E-state index contributed by atoms with van der Waals surface area (Å²) >= 11 is 0. The SMILES string of the molecule is CC1=C2C[C@H]3OC(O)(C(=O)O)[C@H]4[C@@H](C)[C@@H](O)[C@H](O)[C@H]([C@@]2(C)[C@H](O)[C@@H](O)C1)[C@]43C. The van der Waals surface area contributed by atoms with Gasteiger partial charge in [0.05, 0.1) is 30.5 Å². The molecule has 0 radical (unpaired) electrons. The molecule has 158 valence electrons. The van der Waals surface area contributed by atoms with Crippen molar-refractivity contribution in [2.24, 2.45) is 28.6 Å². The van der Waals surface area contributed by atoms with E-state index >= 15 is 0 Å². The molecule has 1 heterocycles. The summed E-state index contributed by atoms with van der Waals surface area (Å²) in [7, 11) is 0. The van der Waals surface area contributed by atoms with E-state index in [-0.39, 0.29) is 6.42 Å². The lowest BCUT2D eigenvalue weighted by molar-refractivity contribution is -0.247. The minimum absolute atomic E-state index is 0.268. The molecule has 1 saturated heterocycles. The number of ether oxygens (including phenoxy) is 1. The molecule has 2 saturated carbocycles. The van der Waals surface area contributed by atoms with Gasteiger partial charge in [-0.3, -0.25) is 0 Å². The van der Waals surface area contributed by atoms with Crippen LogP contribution in [0.2, 0.25) is 0 Å². The predicted molar refractivity (Wildman–Crippen MR) is 95.8 cm³/mol. The number of fused-ring (bicyclic) bond motifs is 2. The van der Waals surface area contributed by atoms with Gasteiger partial charge >= 0.3 is 5.97 Å². The first-order valence-corrected chi connectivity index (χ1v) is 9.87. The van der Waals surface area contributed by atoms with E-state index in [0.717, 1.165) is 11.1 Å². The fraction of sp³-hybridized carbons (Fsp3) is 0.850. The van der Waals surface area contributed by atoms with Gasteiger partial charge in [-0.2, -0.15) is 0 Å². The van der Waals surface area contributed by atoms with E-state index in [0.29, 0.717) is 6.42 Å². The van der Waals surface area contributed by atoms with E-state index in [1.165, 1.54) is 0 Å². The Kier molecular flexibility index (Phi) is 4.17. The maximum absolute atomic E-state index is 12.0. The highest BCUT2D eigenvalue weighted by atomic mass is 16.7. The van der Waals surface area contributed by atoms with Crippen molar-refractivity contribution >= 4 is 5.97 Å². The number of carboxylic acid groups (broad SMARTS) is 1. The Hall–Kier alpha value is -1.03. The molecule has 0 aromatic carbocycles. The van der Waals surface area contributed by atoms with Crippen LogP contribution in [0.3, 0.4) is 0 Å². The van der Waals surface area contributed by atoms with Gasteiger partial charge in [-0.25, -0.2) is 4.79 Å². The molecule has 0 amide bonds. The fourth-order valence-corrected chi connectivity index (χ4v) is 7.41. The topological polar surface area (TPSA) is 148 Å².